The summed E-state index contributed by atoms with van der Waals surface area (Å²) >= 11 is 1.81. The van der Waals surface area contributed by atoms with Crippen LogP contribution in [-0.4, -0.2) is 25.5 Å². The predicted octanol–water partition coefficient (Wildman–Crippen LogP) is 3.31. The summed E-state index contributed by atoms with van der Waals surface area (Å²) in [7, 11) is 0. The number of thiophene rings is 1. The first-order chi connectivity index (χ1) is 9.84. The Balaban J connectivity index is 2.19. The molecule has 2 aromatic rings. The highest BCUT2D eigenvalue weighted by Gasteiger charge is 2.41. The van der Waals surface area contributed by atoms with E-state index in [-0.39, 0.29) is 5.41 Å². The molecule has 5 heteroatoms. The third kappa shape index (κ3) is 3.92. The average molecular weight is 307 g/mol. The van der Waals surface area contributed by atoms with Gasteiger partial charge in [0.2, 0.25) is 0 Å². The van der Waals surface area contributed by atoms with E-state index in [1.54, 1.807) is 11.0 Å². The second-order valence-electron chi connectivity index (χ2n) is 6.67. The van der Waals surface area contributed by atoms with Crippen LogP contribution in [0.2, 0.25) is 0 Å². The van der Waals surface area contributed by atoms with Crippen LogP contribution in [0, 0.1) is 5.41 Å². The van der Waals surface area contributed by atoms with Crippen molar-refractivity contribution in [3.63, 3.8) is 0 Å². The molecule has 2 aromatic heterocycles. The molecule has 21 heavy (non-hydrogen) atoms. The smallest absolute Gasteiger partial charge is 0.137 e. The van der Waals surface area contributed by atoms with E-state index in [9.17, 15) is 5.11 Å². The van der Waals surface area contributed by atoms with Crippen molar-refractivity contribution in [1.29, 1.82) is 0 Å². The fourth-order valence-corrected chi connectivity index (χ4v) is 3.55. The maximum absolute atomic E-state index is 11.2. The molecular formula is C16H25N3OS. The Kier molecular flexibility index (Phi) is 4.84. The van der Waals surface area contributed by atoms with E-state index in [0.717, 1.165) is 12.8 Å². The summed E-state index contributed by atoms with van der Waals surface area (Å²) in [6, 6.07) is 4.33. The van der Waals surface area contributed by atoms with Crippen LogP contribution in [0.25, 0.3) is 0 Å². The second-order valence-corrected chi connectivity index (χ2v) is 7.92. The average Bonchev–Trinajstić information content (AvgIpc) is 3.00. The van der Waals surface area contributed by atoms with Crippen LogP contribution in [0.15, 0.2) is 24.8 Å². The van der Waals surface area contributed by atoms with Crippen LogP contribution >= 0.6 is 11.3 Å². The Hall–Kier alpha value is -1.20. The third-order valence-electron chi connectivity index (χ3n) is 3.97. The van der Waals surface area contributed by atoms with E-state index < -0.39 is 5.60 Å². The van der Waals surface area contributed by atoms with Gasteiger partial charge in [0, 0.05) is 16.2 Å². The van der Waals surface area contributed by atoms with Crippen molar-refractivity contribution in [3.05, 3.63) is 34.5 Å². The molecule has 0 amide bonds. The van der Waals surface area contributed by atoms with Crippen molar-refractivity contribution in [2.75, 3.05) is 0 Å². The molecule has 0 saturated heterocycles. The van der Waals surface area contributed by atoms with Crippen molar-refractivity contribution in [2.45, 2.75) is 59.1 Å². The SMILES string of the molecule is CCCc1ccc(CC(O)(Cn2cncn2)C(C)(C)C)s1. The first kappa shape index (κ1) is 16.2. The number of aliphatic hydroxyl groups is 1. The number of aromatic nitrogens is 3. The zero-order valence-electron chi connectivity index (χ0n) is 13.3. The van der Waals surface area contributed by atoms with Gasteiger partial charge in [-0.2, -0.15) is 5.10 Å². The Morgan fingerprint density at radius 2 is 1.95 bits per heavy atom. The maximum atomic E-state index is 11.2. The lowest BCUT2D eigenvalue weighted by Crippen LogP contribution is -2.48. The number of aryl methyl sites for hydroxylation is 1. The Morgan fingerprint density at radius 3 is 2.52 bits per heavy atom. The minimum absolute atomic E-state index is 0.242. The molecule has 2 heterocycles. The van der Waals surface area contributed by atoms with Crippen LogP contribution in [0.1, 0.15) is 43.9 Å². The van der Waals surface area contributed by atoms with Crippen molar-refractivity contribution in [1.82, 2.24) is 14.8 Å². The van der Waals surface area contributed by atoms with Crippen LogP contribution in [0.4, 0.5) is 0 Å². The normalized spacial score (nSPS) is 15.1. The van der Waals surface area contributed by atoms with Crippen LogP contribution < -0.4 is 0 Å². The summed E-state index contributed by atoms with van der Waals surface area (Å²) in [6.07, 6.45) is 6.08. The quantitative estimate of drug-likeness (QED) is 0.890. The highest BCUT2D eigenvalue weighted by atomic mass is 32.1. The van der Waals surface area contributed by atoms with Crippen LogP contribution in [0.5, 0.6) is 0 Å². The summed E-state index contributed by atoms with van der Waals surface area (Å²) in [4.78, 5) is 6.59. The fourth-order valence-electron chi connectivity index (χ4n) is 2.33. The molecule has 0 bridgehead atoms. The number of nitrogens with zero attached hydrogens (tertiary/aromatic N) is 3. The fraction of sp³-hybridized carbons (Fsp3) is 0.625. The van der Waals surface area contributed by atoms with E-state index in [0.29, 0.717) is 13.0 Å². The molecule has 0 radical (unpaired) electrons. The van der Waals surface area contributed by atoms with Gasteiger partial charge in [-0.1, -0.05) is 34.1 Å². The zero-order valence-corrected chi connectivity index (χ0v) is 14.2. The van der Waals surface area contributed by atoms with Gasteiger partial charge < -0.3 is 5.11 Å². The highest BCUT2D eigenvalue weighted by molar-refractivity contribution is 7.12. The Bertz CT molecular complexity index is 556. The molecule has 0 fully saturated rings. The Morgan fingerprint density at radius 1 is 1.24 bits per heavy atom. The van der Waals surface area contributed by atoms with Gasteiger partial charge in [-0.05, 0) is 24.0 Å². The van der Waals surface area contributed by atoms with Gasteiger partial charge in [0.15, 0.2) is 0 Å². The molecule has 116 valence electrons. The standard InChI is InChI=1S/C16H25N3OS/c1-5-6-13-7-8-14(21-13)9-16(20,15(2,3)4)10-19-12-17-11-18-19/h7-8,11-12,20H,5-6,9-10H2,1-4H3. The van der Waals surface area contributed by atoms with Crippen LogP contribution in [-0.2, 0) is 19.4 Å². The molecule has 0 aliphatic rings. The molecule has 1 atom stereocenters. The molecular weight excluding hydrogens is 282 g/mol. The summed E-state index contributed by atoms with van der Waals surface area (Å²) in [5.74, 6) is 0. The van der Waals surface area contributed by atoms with E-state index in [4.69, 9.17) is 0 Å². The molecule has 0 spiro atoms. The lowest BCUT2D eigenvalue weighted by Gasteiger charge is -2.40. The van der Waals surface area contributed by atoms with Crippen molar-refractivity contribution in [2.24, 2.45) is 5.41 Å². The summed E-state index contributed by atoms with van der Waals surface area (Å²) < 4.78 is 1.71. The number of rotatable bonds is 6. The minimum atomic E-state index is -0.852. The molecule has 0 aliphatic heterocycles. The second kappa shape index (κ2) is 6.28. The summed E-state index contributed by atoms with van der Waals surface area (Å²) in [6.45, 7) is 8.87. The maximum Gasteiger partial charge on any atom is 0.137 e. The number of hydrogen-bond acceptors (Lipinski definition) is 4. The van der Waals surface area contributed by atoms with E-state index in [1.165, 1.54) is 16.1 Å². The first-order valence-corrected chi connectivity index (χ1v) is 8.28. The van der Waals surface area contributed by atoms with E-state index in [1.807, 2.05) is 11.3 Å². The number of hydrogen-bond donors (Lipinski definition) is 1. The Labute approximate surface area is 130 Å². The molecule has 1 unspecified atom stereocenters. The first-order valence-electron chi connectivity index (χ1n) is 7.46. The molecule has 0 aliphatic carbocycles. The molecule has 1 N–H and O–H groups in total. The van der Waals surface area contributed by atoms with Gasteiger partial charge in [0.25, 0.3) is 0 Å². The van der Waals surface area contributed by atoms with Gasteiger partial charge in [0.05, 0.1) is 12.1 Å². The lowest BCUT2D eigenvalue weighted by atomic mass is 9.74. The summed E-state index contributed by atoms with van der Waals surface area (Å²) in [5.41, 5.74) is -1.09. The van der Waals surface area contributed by atoms with Crippen molar-refractivity contribution < 1.29 is 5.11 Å². The van der Waals surface area contributed by atoms with Gasteiger partial charge >= 0.3 is 0 Å². The molecule has 0 saturated carbocycles. The molecule has 2 rings (SSSR count). The minimum Gasteiger partial charge on any atom is -0.387 e. The van der Waals surface area contributed by atoms with Gasteiger partial charge in [-0.15, -0.1) is 11.3 Å². The monoisotopic (exact) mass is 307 g/mol. The van der Waals surface area contributed by atoms with E-state index in [2.05, 4.69) is 49.9 Å². The van der Waals surface area contributed by atoms with Crippen LogP contribution in [0.3, 0.4) is 0 Å². The van der Waals surface area contributed by atoms with Crippen molar-refractivity contribution in [3.8, 4) is 0 Å². The van der Waals surface area contributed by atoms with Gasteiger partial charge in [-0.3, -0.25) is 4.68 Å². The van der Waals surface area contributed by atoms with Crippen molar-refractivity contribution >= 4 is 11.3 Å². The predicted molar refractivity (Wildman–Crippen MR) is 86.4 cm³/mol. The highest BCUT2D eigenvalue weighted by Crippen LogP contribution is 2.36. The summed E-state index contributed by atoms with van der Waals surface area (Å²) in [5, 5.41) is 15.4. The molecule has 4 nitrogen and oxygen atoms in total. The largest absolute Gasteiger partial charge is 0.387 e. The van der Waals surface area contributed by atoms with Gasteiger partial charge in [-0.25, -0.2) is 4.98 Å². The third-order valence-corrected chi connectivity index (χ3v) is 5.11. The topological polar surface area (TPSA) is 50.9 Å². The molecule has 0 aromatic carbocycles. The zero-order chi connectivity index (χ0) is 15.5. The van der Waals surface area contributed by atoms with Gasteiger partial charge in [0.1, 0.15) is 12.7 Å². The lowest BCUT2D eigenvalue weighted by molar-refractivity contribution is -0.0724. The van der Waals surface area contributed by atoms with E-state index >= 15 is 0 Å².